The predicted molar refractivity (Wildman–Crippen MR) is 77.3 cm³/mol. The summed E-state index contributed by atoms with van der Waals surface area (Å²) in [5.74, 6) is -2.04. The minimum Gasteiger partial charge on any atom is -0.481 e. The van der Waals surface area contributed by atoms with Crippen LogP contribution in [-0.2, 0) is 9.59 Å². The van der Waals surface area contributed by atoms with E-state index >= 15 is 0 Å². The lowest BCUT2D eigenvalue weighted by Gasteiger charge is -2.41. The molecule has 1 rings (SSSR count). The van der Waals surface area contributed by atoms with Gasteiger partial charge in [-0.05, 0) is 25.7 Å². The Balaban J connectivity index is 3.43. The zero-order valence-corrected chi connectivity index (χ0v) is 11.5. The van der Waals surface area contributed by atoms with Gasteiger partial charge in [-0.15, -0.1) is 13.2 Å². The Labute approximate surface area is 118 Å². The summed E-state index contributed by atoms with van der Waals surface area (Å²) in [5.41, 5.74) is -1.75. The zero-order chi connectivity index (χ0) is 15.4. The first kappa shape index (κ1) is 16.0. The van der Waals surface area contributed by atoms with Crippen LogP contribution in [0.5, 0.6) is 0 Å². The van der Waals surface area contributed by atoms with Crippen molar-refractivity contribution in [3.8, 4) is 0 Å². The second kappa shape index (κ2) is 5.90. The Morgan fingerprint density at radius 3 is 2.15 bits per heavy atom. The molecular formula is C16H20O4. The summed E-state index contributed by atoms with van der Waals surface area (Å²) in [6, 6.07) is 0. The molecule has 0 aliphatic heterocycles. The molecule has 1 aliphatic carbocycles. The Kier molecular flexibility index (Phi) is 4.71. The summed E-state index contributed by atoms with van der Waals surface area (Å²) < 4.78 is 0. The third kappa shape index (κ3) is 2.74. The quantitative estimate of drug-likeness (QED) is 0.700. The highest BCUT2D eigenvalue weighted by Crippen LogP contribution is 2.50. The van der Waals surface area contributed by atoms with Crippen molar-refractivity contribution in [3.05, 3.63) is 49.6 Å². The number of rotatable bonds is 7. The molecule has 2 unspecified atom stereocenters. The average molecular weight is 276 g/mol. The van der Waals surface area contributed by atoms with Crippen LogP contribution in [0.3, 0.4) is 0 Å². The maximum Gasteiger partial charge on any atom is 0.313 e. The molecule has 0 saturated heterocycles. The minimum absolute atomic E-state index is 0.0278. The summed E-state index contributed by atoms with van der Waals surface area (Å²) in [6.45, 7) is 10.8. The third-order valence-corrected chi connectivity index (χ3v) is 3.84. The van der Waals surface area contributed by atoms with E-state index in [-0.39, 0.29) is 25.7 Å². The molecule has 0 radical (unpaired) electrons. The van der Waals surface area contributed by atoms with Gasteiger partial charge in [0.1, 0.15) is 0 Å². The molecule has 0 aromatic carbocycles. The largest absolute Gasteiger partial charge is 0.481 e. The van der Waals surface area contributed by atoms with Gasteiger partial charge in [0.2, 0.25) is 0 Å². The first-order valence-corrected chi connectivity index (χ1v) is 6.38. The van der Waals surface area contributed by atoms with E-state index in [0.717, 1.165) is 0 Å². The van der Waals surface area contributed by atoms with Gasteiger partial charge in [-0.1, -0.05) is 36.5 Å². The highest BCUT2D eigenvalue weighted by atomic mass is 16.4. The van der Waals surface area contributed by atoms with Gasteiger partial charge in [-0.3, -0.25) is 9.59 Å². The van der Waals surface area contributed by atoms with Crippen molar-refractivity contribution in [1.29, 1.82) is 0 Å². The van der Waals surface area contributed by atoms with E-state index in [9.17, 15) is 19.8 Å². The van der Waals surface area contributed by atoms with Crippen molar-refractivity contribution in [1.82, 2.24) is 0 Å². The molecule has 20 heavy (non-hydrogen) atoms. The molecular weight excluding hydrogens is 256 g/mol. The van der Waals surface area contributed by atoms with Gasteiger partial charge >= 0.3 is 11.9 Å². The van der Waals surface area contributed by atoms with Gasteiger partial charge in [0, 0.05) is 0 Å². The van der Waals surface area contributed by atoms with Crippen LogP contribution in [0.2, 0.25) is 0 Å². The van der Waals surface area contributed by atoms with Crippen LogP contribution >= 0.6 is 0 Å². The summed E-state index contributed by atoms with van der Waals surface area (Å²) in [5, 5.41) is 19.2. The van der Waals surface area contributed by atoms with Crippen molar-refractivity contribution in [2.24, 2.45) is 10.8 Å². The van der Waals surface area contributed by atoms with Crippen LogP contribution in [0.25, 0.3) is 0 Å². The zero-order valence-electron chi connectivity index (χ0n) is 11.5. The number of carboxylic acids is 2. The van der Waals surface area contributed by atoms with Gasteiger partial charge in [0.05, 0.1) is 10.8 Å². The van der Waals surface area contributed by atoms with Crippen LogP contribution < -0.4 is 0 Å². The first-order valence-electron chi connectivity index (χ1n) is 6.38. The smallest absolute Gasteiger partial charge is 0.313 e. The predicted octanol–water partition coefficient (Wildman–Crippen LogP) is 3.19. The maximum atomic E-state index is 11.7. The molecule has 2 atom stereocenters. The molecule has 0 heterocycles. The Hall–Kier alpha value is -2.10. The summed E-state index contributed by atoms with van der Waals surface area (Å²) >= 11 is 0. The highest BCUT2D eigenvalue weighted by Gasteiger charge is 2.51. The number of hydrogen-bond acceptors (Lipinski definition) is 2. The lowest BCUT2D eigenvalue weighted by Crippen LogP contribution is -2.44. The van der Waals surface area contributed by atoms with Crippen molar-refractivity contribution < 1.29 is 19.8 Å². The molecule has 4 heteroatoms. The standard InChI is InChI=1S/C16H20O4/c1-4-7-15(13(17)18)9-12(6-3)10-16(11-15,8-5-2)14(19)20/h4-6,9H,1-3,7-8,10-11H2,(H,17,18)(H,19,20). The average Bonchev–Trinajstić information content (AvgIpc) is 2.38. The van der Waals surface area contributed by atoms with E-state index in [2.05, 4.69) is 19.7 Å². The Bertz CT molecular complexity index is 489. The van der Waals surface area contributed by atoms with E-state index in [1.807, 2.05) is 0 Å². The van der Waals surface area contributed by atoms with Gasteiger partial charge < -0.3 is 10.2 Å². The second-order valence-electron chi connectivity index (χ2n) is 5.31. The Morgan fingerprint density at radius 2 is 1.75 bits per heavy atom. The third-order valence-electron chi connectivity index (χ3n) is 3.84. The van der Waals surface area contributed by atoms with Crippen molar-refractivity contribution >= 4 is 11.9 Å². The molecule has 0 aromatic rings. The van der Waals surface area contributed by atoms with Crippen LogP contribution in [0.1, 0.15) is 25.7 Å². The normalized spacial score (nSPS) is 29.1. The molecule has 0 bridgehead atoms. The monoisotopic (exact) mass is 276 g/mol. The van der Waals surface area contributed by atoms with Gasteiger partial charge in [-0.25, -0.2) is 0 Å². The molecule has 0 aromatic heterocycles. The highest BCUT2D eigenvalue weighted by molar-refractivity contribution is 5.82. The number of carbonyl (C=O) groups is 2. The molecule has 0 spiro atoms. The number of aliphatic carboxylic acids is 2. The van der Waals surface area contributed by atoms with E-state index < -0.39 is 22.8 Å². The van der Waals surface area contributed by atoms with Crippen LogP contribution in [0, 0.1) is 10.8 Å². The van der Waals surface area contributed by atoms with E-state index in [1.165, 1.54) is 18.2 Å². The van der Waals surface area contributed by atoms with E-state index in [4.69, 9.17) is 0 Å². The van der Waals surface area contributed by atoms with Crippen LogP contribution in [0.4, 0.5) is 0 Å². The maximum absolute atomic E-state index is 11.7. The molecule has 0 fully saturated rings. The summed E-state index contributed by atoms with van der Waals surface area (Å²) in [7, 11) is 0. The molecule has 108 valence electrons. The van der Waals surface area contributed by atoms with E-state index in [1.54, 1.807) is 6.08 Å². The van der Waals surface area contributed by atoms with E-state index in [0.29, 0.717) is 5.57 Å². The molecule has 0 saturated carbocycles. The first-order chi connectivity index (χ1) is 9.35. The van der Waals surface area contributed by atoms with Crippen LogP contribution in [-0.4, -0.2) is 22.2 Å². The lowest BCUT2D eigenvalue weighted by molar-refractivity contribution is -0.156. The van der Waals surface area contributed by atoms with Gasteiger partial charge in [0.25, 0.3) is 0 Å². The van der Waals surface area contributed by atoms with Crippen molar-refractivity contribution in [3.63, 3.8) is 0 Å². The SMILES string of the molecule is C=CCC1(C(=O)O)C=C(C=C)CC(CC=C)(C(=O)O)C1. The molecule has 0 amide bonds. The molecule has 4 nitrogen and oxygen atoms in total. The Morgan fingerprint density at radius 1 is 1.15 bits per heavy atom. The number of allylic oxidation sites excluding steroid dienone is 4. The van der Waals surface area contributed by atoms with Crippen LogP contribution in [0.15, 0.2) is 49.6 Å². The topological polar surface area (TPSA) is 74.6 Å². The summed E-state index contributed by atoms with van der Waals surface area (Å²) in [6.07, 6.45) is 6.89. The van der Waals surface area contributed by atoms with Gasteiger partial charge in [-0.2, -0.15) is 0 Å². The number of hydrogen-bond donors (Lipinski definition) is 2. The number of carboxylic acid groups (broad SMARTS) is 2. The molecule has 1 aliphatic rings. The molecule has 2 N–H and O–H groups in total. The fourth-order valence-corrected chi connectivity index (χ4v) is 2.92. The van der Waals surface area contributed by atoms with Crippen molar-refractivity contribution in [2.75, 3.05) is 0 Å². The summed E-state index contributed by atoms with van der Waals surface area (Å²) in [4.78, 5) is 23.4. The van der Waals surface area contributed by atoms with Crippen molar-refractivity contribution in [2.45, 2.75) is 25.7 Å². The fourth-order valence-electron chi connectivity index (χ4n) is 2.92. The van der Waals surface area contributed by atoms with Gasteiger partial charge in [0.15, 0.2) is 0 Å². The second-order valence-corrected chi connectivity index (χ2v) is 5.31. The fraction of sp³-hybridized carbons (Fsp3) is 0.375. The minimum atomic E-state index is -1.25. The lowest BCUT2D eigenvalue weighted by atomic mass is 9.60.